The van der Waals surface area contributed by atoms with Gasteiger partial charge in [-0.3, -0.25) is 9.69 Å². The number of benzene rings is 2. The van der Waals surface area contributed by atoms with Gasteiger partial charge in [-0.1, -0.05) is 11.3 Å². The molecule has 35 heavy (non-hydrogen) atoms. The summed E-state index contributed by atoms with van der Waals surface area (Å²) in [5.74, 6) is -0.303. The Morgan fingerprint density at radius 3 is 2.63 bits per heavy atom. The summed E-state index contributed by atoms with van der Waals surface area (Å²) in [7, 11) is 0. The maximum absolute atomic E-state index is 13.2. The van der Waals surface area contributed by atoms with Gasteiger partial charge in [-0.25, -0.2) is 9.37 Å². The second-order valence-corrected chi connectivity index (χ2v) is 8.71. The topological polar surface area (TPSA) is 79.2 Å². The molecular weight excluding hydrogens is 445 g/mol. The minimum atomic E-state index is -0.208. The molecule has 0 unspecified atom stereocenters. The molecule has 0 bridgehead atoms. The first-order valence-electron chi connectivity index (χ1n) is 11.9. The highest BCUT2D eigenvalue weighted by atomic mass is 19.1. The highest BCUT2D eigenvalue weighted by molar-refractivity contribution is 5.96. The van der Waals surface area contributed by atoms with E-state index < -0.39 is 0 Å². The maximum atomic E-state index is 13.2. The normalized spacial score (nSPS) is 14.4. The van der Waals surface area contributed by atoms with Crippen LogP contribution < -0.4 is 10.2 Å². The number of hydrogen-bond donors (Lipinski definition) is 1. The van der Waals surface area contributed by atoms with Gasteiger partial charge in [0.1, 0.15) is 11.3 Å². The third-order valence-electron chi connectivity index (χ3n) is 6.49. The Kier molecular flexibility index (Phi) is 6.67. The number of fused-ring (bicyclic) bond motifs is 1. The SMILES string of the molecule is Cc1c(C(=O)NCCCN2CCN(c3ccc(F)cc3)CC2)cccc1-n1nnc2cccnc21. The van der Waals surface area contributed by atoms with Crippen molar-refractivity contribution in [3.05, 3.63) is 77.7 Å². The average Bonchev–Trinajstić information content (AvgIpc) is 3.31. The van der Waals surface area contributed by atoms with Crippen LogP contribution in [0.1, 0.15) is 22.3 Å². The van der Waals surface area contributed by atoms with E-state index in [0.717, 1.165) is 56.1 Å². The van der Waals surface area contributed by atoms with Crippen molar-refractivity contribution in [2.45, 2.75) is 13.3 Å². The molecule has 1 amide bonds. The van der Waals surface area contributed by atoms with Crippen LogP contribution in [0.3, 0.4) is 0 Å². The predicted molar refractivity (Wildman–Crippen MR) is 133 cm³/mol. The minimum Gasteiger partial charge on any atom is -0.369 e. The number of rotatable bonds is 7. The molecule has 9 heteroatoms. The first kappa shape index (κ1) is 22.9. The number of amides is 1. The van der Waals surface area contributed by atoms with Crippen LogP contribution in [0.5, 0.6) is 0 Å². The molecule has 0 saturated carbocycles. The quantitative estimate of drug-likeness (QED) is 0.416. The molecule has 1 aliphatic heterocycles. The lowest BCUT2D eigenvalue weighted by atomic mass is 10.1. The third kappa shape index (κ3) is 5.00. The fraction of sp³-hybridized carbons (Fsp3) is 0.308. The van der Waals surface area contributed by atoms with Gasteiger partial charge in [0.2, 0.25) is 0 Å². The minimum absolute atomic E-state index is 0.0946. The lowest BCUT2D eigenvalue weighted by molar-refractivity contribution is 0.0951. The van der Waals surface area contributed by atoms with E-state index in [9.17, 15) is 9.18 Å². The van der Waals surface area contributed by atoms with Crippen molar-refractivity contribution in [3.63, 3.8) is 0 Å². The standard InChI is InChI=1S/C26H28FN7O/c1-19-22(5-2-7-24(19)34-25-23(30-31-34)6-3-12-28-25)26(35)29-13-4-14-32-15-17-33(18-16-32)21-10-8-20(27)9-11-21/h2-3,5-12H,4,13-18H2,1H3,(H,29,35). The van der Waals surface area contributed by atoms with Crippen LogP contribution in [-0.2, 0) is 0 Å². The van der Waals surface area contributed by atoms with Gasteiger partial charge in [0.15, 0.2) is 5.65 Å². The van der Waals surface area contributed by atoms with Crippen LogP contribution >= 0.6 is 0 Å². The molecule has 1 fully saturated rings. The fourth-order valence-electron chi connectivity index (χ4n) is 4.51. The molecule has 1 aliphatic rings. The number of pyridine rings is 1. The van der Waals surface area contributed by atoms with Crippen LogP contribution in [-0.4, -0.2) is 70.1 Å². The number of anilines is 1. The van der Waals surface area contributed by atoms with Gasteiger partial charge < -0.3 is 10.2 Å². The van der Waals surface area contributed by atoms with Crippen molar-refractivity contribution >= 4 is 22.8 Å². The average molecular weight is 474 g/mol. The summed E-state index contributed by atoms with van der Waals surface area (Å²) >= 11 is 0. The van der Waals surface area contributed by atoms with Gasteiger partial charge in [0.05, 0.1) is 5.69 Å². The highest BCUT2D eigenvalue weighted by Gasteiger charge is 2.18. The van der Waals surface area contributed by atoms with Crippen molar-refractivity contribution in [2.75, 3.05) is 44.2 Å². The number of nitrogens with one attached hydrogen (secondary N) is 1. The van der Waals surface area contributed by atoms with E-state index in [1.54, 1.807) is 10.9 Å². The van der Waals surface area contributed by atoms with E-state index in [4.69, 9.17) is 0 Å². The molecule has 2 aromatic carbocycles. The Morgan fingerprint density at radius 2 is 1.83 bits per heavy atom. The van der Waals surface area contributed by atoms with Gasteiger partial charge in [-0.05, 0) is 74.0 Å². The van der Waals surface area contributed by atoms with Crippen molar-refractivity contribution in [2.24, 2.45) is 0 Å². The molecule has 3 heterocycles. The molecule has 0 spiro atoms. The Balaban J connectivity index is 1.12. The summed E-state index contributed by atoms with van der Waals surface area (Å²) < 4.78 is 14.8. The van der Waals surface area contributed by atoms with E-state index in [1.807, 2.05) is 49.4 Å². The summed E-state index contributed by atoms with van der Waals surface area (Å²) in [6.45, 7) is 7.17. The predicted octanol–water partition coefficient (Wildman–Crippen LogP) is 3.21. The first-order valence-corrected chi connectivity index (χ1v) is 11.9. The van der Waals surface area contributed by atoms with Gasteiger partial charge in [0.25, 0.3) is 5.91 Å². The summed E-state index contributed by atoms with van der Waals surface area (Å²) in [4.78, 5) is 22.0. The van der Waals surface area contributed by atoms with E-state index in [1.165, 1.54) is 12.1 Å². The molecule has 1 N–H and O–H groups in total. The lowest BCUT2D eigenvalue weighted by Gasteiger charge is -2.36. The van der Waals surface area contributed by atoms with Gasteiger partial charge in [0, 0.05) is 50.2 Å². The second-order valence-electron chi connectivity index (χ2n) is 8.71. The van der Waals surface area contributed by atoms with Gasteiger partial charge >= 0.3 is 0 Å². The lowest BCUT2D eigenvalue weighted by Crippen LogP contribution is -2.47. The van der Waals surface area contributed by atoms with E-state index in [0.29, 0.717) is 23.3 Å². The number of carbonyl (C=O) groups excluding carboxylic acids is 1. The summed E-state index contributed by atoms with van der Waals surface area (Å²) in [6.07, 6.45) is 2.58. The molecule has 0 aliphatic carbocycles. The Labute approximate surface area is 203 Å². The van der Waals surface area contributed by atoms with Gasteiger partial charge in [-0.2, -0.15) is 4.68 Å². The maximum Gasteiger partial charge on any atom is 0.251 e. The monoisotopic (exact) mass is 473 g/mol. The molecule has 4 aromatic rings. The summed E-state index contributed by atoms with van der Waals surface area (Å²) in [5.41, 5.74) is 4.67. The molecule has 0 atom stereocenters. The van der Waals surface area contributed by atoms with E-state index in [-0.39, 0.29) is 11.7 Å². The Hall–Kier alpha value is -3.85. The smallest absolute Gasteiger partial charge is 0.251 e. The number of halogens is 1. The first-order chi connectivity index (χ1) is 17.1. The summed E-state index contributed by atoms with van der Waals surface area (Å²) in [5, 5.41) is 11.5. The fourth-order valence-corrected chi connectivity index (χ4v) is 4.51. The molecule has 0 radical (unpaired) electrons. The third-order valence-corrected chi connectivity index (χ3v) is 6.49. The van der Waals surface area contributed by atoms with Gasteiger partial charge in [-0.15, -0.1) is 5.10 Å². The van der Waals surface area contributed by atoms with E-state index in [2.05, 4.69) is 30.4 Å². The molecule has 1 saturated heterocycles. The molecule has 2 aromatic heterocycles. The Morgan fingerprint density at radius 1 is 1.03 bits per heavy atom. The zero-order valence-electron chi connectivity index (χ0n) is 19.7. The number of aromatic nitrogens is 4. The van der Waals surface area contributed by atoms with E-state index >= 15 is 0 Å². The van der Waals surface area contributed by atoms with Crippen molar-refractivity contribution < 1.29 is 9.18 Å². The number of hydrogen-bond acceptors (Lipinski definition) is 6. The Bertz CT molecular complexity index is 1310. The van der Waals surface area contributed by atoms with Crippen molar-refractivity contribution in [1.82, 2.24) is 30.2 Å². The zero-order chi connectivity index (χ0) is 24.2. The zero-order valence-corrected chi connectivity index (χ0v) is 19.7. The largest absolute Gasteiger partial charge is 0.369 e. The van der Waals surface area contributed by atoms with Crippen LogP contribution in [0.4, 0.5) is 10.1 Å². The van der Waals surface area contributed by atoms with Crippen molar-refractivity contribution in [3.8, 4) is 5.69 Å². The molecule has 8 nitrogen and oxygen atoms in total. The van der Waals surface area contributed by atoms with Crippen LogP contribution in [0.25, 0.3) is 16.9 Å². The number of nitrogens with zero attached hydrogens (tertiary/aromatic N) is 6. The molecule has 5 rings (SSSR count). The highest BCUT2D eigenvalue weighted by Crippen LogP contribution is 2.21. The summed E-state index contributed by atoms with van der Waals surface area (Å²) in [6, 6.07) is 16.0. The molecule has 180 valence electrons. The number of carbonyl (C=O) groups is 1. The van der Waals surface area contributed by atoms with Crippen molar-refractivity contribution in [1.29, 1.82) is 0 Å². The second kappa shape index (κ2) is 10.2. The van der Waals surface area contributed by atoms with Crippen LogP contribution in [0.15, 0.2) is 60.8 Å². The molecular formula is C26H28FN7O. The number of piperazine rings is 1. The van der Waals surface area contributed by atoms with Crippen LogP contribution in [0, 0.1) is 12.7 Å². The van der Waals surface area contributed by atoms with Crippen LogP contribution in [0.2, 0.25) is 0 Å².